The zero-order valence-corrected chi connectivity index (χ0v) is 13.0. The van der Waals surface area contributed by atoms with Crippen molar-refractivity contribution in [3.63, 3.8) is 0 Å². The Morgan fingerprint density at radius 2 is 1.29 bits per heavy atom. The van der Waals surface area contributed by atoms with E-state index in [4.69, 9.17) is 15.9 Å². The van der Waals surface area contributed by atoms with E-state index in [1.807, 2.05) is 36.4 Å². The average molecular weight is 321 g/mol. The fraction of sp³-hybridized carbons (Fsp3) is 0.0500. The van der Waals surface area contributed by atoms with Gasteiger partial charge in [0, 0.05) is 0 Å². The Labute approximate surface area is 140 Å². The maximum Gasteiger partial charge on any atom is 0.335 e. The normalized spacial score (nSPS) is 9.92. The van der Waals surface area contributed by atoms with Crippen LogP contribution >= 0.6 is 0 Å². The number of carboxylic acid groups (broad SMARTS) is 1. The number of carboxylic acids is 1. The highest BCUT2D eigenvalue weighted by atomic mass is 16.4. The summed E-state index contributed by atoms with van der Waals surface area (Å²) in [5.74, 6) is -1.06. The molecule has 4 N–H and O–H groups in total. The third kappa shape index (κ3) is 4.97. The largest absolute Gasteiger partial charge is 0.508 e. The number of nitrogens with two attached hydrogens (primary N) is 1. The molecule has 0 fully saturated rings. The summed E-state index contributed by atoms with van der Waals surface area (Å²) >= 11 is 0. The molecule has 4 heteroatoms. The van der Waals surface area contributed by atoms with Gasteiger partial charge in [0.25, 0.3) is 0 Å². The zero-order valence-electron chi connectivity index (χ0n) is 13.0. The number of benzene rings is 3. The minimum Gasteiger partial charge on any atom is -0.508 e. The molecule has 122 valence electrons. The molecule has 0 unspecified atom stereocenters. The van der Waals surface area contributed by atoms with Crippen LogP contribution in [0, 0.1) is 0 Å². The first-order valence-electron chi connectivity index (χ1n) is 7.45. The number of aromatic carboxylic acids is 1. The Hall–Kier alpha value is -3.11. The van der Waals surface area contributed by atoms with Crippen LogP contribution in [0.4, 0.5) is 0 Å². The summed E-state index contributed by atoms with van der Waals surface area (Å²) in [7, 11) is 0. The van der Waals surface area contributed by atoms with Gasteiger partial charge in [-0.3, -0.25) is 0 Å². The van der Waals surface area contributed by atoms with Gasteiger partial charge in [-0.1, -0.05) is 66.7 Å². The third-order valence-electron chi connectivity index (χ3n) is 3.41. The molecule has 0 spiro atoms. The predicted molar refractivity (Wildman–Crippen MR) is 94.0 cm³/mol. The smallest absolute Gasteiger partial charge is 0.335 e. The molecular formula is C20H19NO3. The van der Waals surface area contributed by atoms with E-state index >= 15 is 0 Å². The van der Waals surface area contributed by atoms with Crippen LogP contribution in [0.1, 0.15) is 27.5 Å². The van der Waals surface area contributed by atoms with Gasteiger partial charge in [0.2, 0.25) is 0 Å². The van der Waals surface area contributed by atoms with Gasteiger partial charge in [0.15, 0.2) is 0 Å². The summed E-state index contributed by atoms with van der Waals surface area (Å²) in [5.41, 5.74) is 8.52. The molecule has 3 aromatic carbocycles. The van der Waals surface area contributed by atoms with Crippen LogP contribution in [0.25, 0.3) is 0 Å². The number of phenols is 1. The summed E-state index contributed by atoms with van der Waals surface area (Å²) in [5, 5.41) is 17.2. The van der Waals surface area contributed by atoms with Crippen LogP contribution < -0.4 is 5.73 Å². The number of carbonyl (C=O) groups is 1. The van der Waals surface area contributed by atoms with Crippen molar-refractivity contribution >= 4 is 5.97 Å². The number of aromatic hydroxyl groups is 1. The quantitative estimate of drug-likeness (QED) is 0.684. The molecule has 0 aliphatic rings. The van der Waals surface area contributed by atoms with E-state index in [1.54, 1.807) is 0 Å². The Morgan fingerprint density at radius 3 is 1.67 bits per heavy atom. The topological polar surface area (TPSA) is 83.6 Å². The molecule has 0 atom stereocenters. The molecule has 0 radical (unpaired) electrons. The van der Waals surface area contributed by atoms with Crippen LogP contribution in [0.5, 0.6) is 5.75 Å². The van der Waals surface area contributed by atoms with Gasteiger partial charge < -0.3 is 15.9 Å². The average Bonchev–Trinajstić information content (AvgIpc) is 2.63. The molecule has 3 aromatic rings. The van der Waals surface area contributed by atoms with Crippen molar-refractivity contribution in [3.05, 3.63) is 102 Å². The predicted octanol–water partition coefficient (Wildman–Crippen LogP) is 3.83. The molecule has 0 bridgehead atoms. The van der Waals surface area contributed by atoms with E-state index in [9.17, 15) is 4.79 Å². The first-order chi connectivity index (χ1) is 11.6. The van der Waals surface area contributed by atoms with Crippen LogP contribution in [0.2, 0.25) is 0 Å². The van der Waals surface area contributed by atoms with Crippen LogP contribution in [0.3, 0.4) is 0 Å². The lowest BCUT2D eigenvalue weighted by Gasteiger charge is -2.11. The van der Waals surface area contributed by atoms with Gasteiger partial charge in [0.05, 0.1) is 11.6 Å². The molecule has 0 saturated carbocycles. The fourth-order valence-electron chi connectivity index (χ4n) is 2.15. The molecule has 0 heterocycles. The summed E-state index contributed by atoms with van der Waals surface area (Å²) < 4.78 is 0. The summed E-state index contributed by atoms with van der Waals surface area (Å²) in [6.45, 7) is 0. The monoisotopic (exact) mass is 321 g/mol. The third-order valence-corrected chi connectivity index (χ3v) is 3.41. The first-order valence-corrected chi connectivity index (χ1v) is 7.45. The maximum atomic E-state index is 10.2. The van der Waals surface area contributed by atoms with Gasteiger partial charge in [-0.15, -0.1) is 0 Å². The lowest BCUT2D eigenvalue weighted by Crippen LogP contribution is -2.11. The fourth-order valence-corrected chi connectivity index (χ4v) is 2.15. The second kappa shape index (κ2) is 8.50. The second-order valence-corrected chi connectivity index (χ2v) is 5.15. The van der Waals surface area contributed by atoms with Crippen LogP contribution in [0.15, 0.2) is 84.9 Å². The van der Waals surface area contributed by atoms with Gasteiger partial charge in [-0.2, -0.15) is 0 Å². The lowest BCUT2D eigenvalue weighted by atomic mass is 10.00. The molecule has 0 amide bonds. The van der Waals surface area contributed by atoms with Crippen molar-refractivity contribution in [2.75, 3.05) is 0 Å². The SMILES string of the molecule is NC(c1ccccc1)c1ccccc1.O=C(O)c1cccc(O)c1. The van der Waals surface area contributed by atoms with Crippen molar-refractivity contribution in [2.45, 2.75) is 6.04 Å². The maximum absolute atomic E-state index is 10.2. The summed E-state index contributed by atoms with van der Waals surface area (Å²) in [6.07, 6.45) is 0. The van der Waals surface area contributed by atoms with Crippen molar-refractivity contribution < 1.29 is 15.0 Å². The molecule has 0 aromatic heterocycles. The first kappa shape index (κ1) is 17.2. The highest BCUT2D eigenvalue weighted by Gasteiger charge is 2.06. The van der Waals surface area contributed by atoms with E-state index < -0.39 is 5.97 Å². The van der Waals surface area contributed by atoms with E-state index in [-0.39, 0.29) is 17.4 Å². The van der Waals surface area contributed by atoms with Crippen LogP contribution in [-0.4, -0.2) is 16.2 Å². The molecular weight excluding hydrogens is 302 g/mol. The summed E-state index contributed by atoms with van der Waals surface area (Å²) in [4.78, 5) is 10.2. The van der Waals surface area contributed by atoms with Gasteiger partial charge in [0.1, 0.15) is 5.75 Å². The van der Waals surface area contributed by atoms with E-state index in [0.29, 0.717) is 0 Å². The Bertz CT molecular complexity index is 734. The summed E-state index contributed by atoms with van der Waals surface area (Å²) in [6, 6.07) is 25.8. The highest BCUT2D eigenvalue weighted by Crippen LogP contribution is 2.18. The van der Waals surface area contributed by atoms with Crippen molar-refractivity contribution in [1.82, 2.24) is 0 Å². The van der Waals surface area contributed by atoms with Gasteiger partial charge >= 0.3 is 5.97 Å². The van der Waals surface area contributed by atoms with Gasteiger partial charge in [-0.05, 0) is 29.3 Å². The van der Waals surface area contributed by atoms with Gasteiger partial charge in [-0.25, -0.2) is 4.79 Å². The van der Waals surface area contributed by atoms with Crippen molar-refractivity contribution in [1.29, 1.82) is 0 Å². The minimum absolute atomic E-state index is 0.0163. The number of rotatable bonds is 3. The molecule has 24 heavy (non-hydrogen) atoms. The number of hydrogen-bond donors (Lipinski definition) is 3. The Balaban J connectivity index is 0.000000185. The molecule has 0 aliphatic carbocycles. The lowest BCUT2D eigenvalue weighted by molar-refractivity contribution is 0.0696. The number of hydrogen-bond acceptors (Lipinski definition) is 3. The molecule has 4 nitrogen and oxygen atoms in total. The van der Waals surface area contributed by atoms with E-state index in [2.05, 4.69) is 24.3 Å². The Kier molecular flexibility index (Phi) is 6.11. The molecule has 3 rings (SSSR count). The molecule has 0 saturated heterocycles. The highest BCUT2D eigenvalue weighted by molar-refractivity contribution is 5.87. The second-order valence-electron chi connectivity index (χ2n) is 5.15. The van der Waals surface area contributed by atoms with E-state index in [1.165, 1.54) is 24.3 Å². The van der Waals surface area contributed by atoms with Crippen molar-refractivity contribution in [2.24, 2.45) is 5.73 Å². The molecule has 0 aliphatic heterocycles. The van der Waals surface area contributed by atoms with Crippen LogP contribution in [-0.2, 0) is 0 Å². The minimum atomic E-state index is -1.03. The number of phenolic OH excluding ortho intramolecular Hbond substituents is 1. The standard InChI is InChI=1S/C13H13N.C7H6O3/c14-13(11-7-3-1-4-8-11)12-9-5-2-6-10-12;8-6-3-1-2-5(4-6)7(9)10/h1-10,13H,14H2;1-4,8H,(H,9,10). The Morgan fingerprint density at radius 1 is 0.792 bits per heavy atom. The van der Waals surface area contributed by atoms with Crippen molar-refractivity contribution in [3.8, 4) is 5.75 Å². The zero-order chi connectivity index (χ0) is 17.4. The van der Waals surface area contributed by atoms with E-state index in [0.717, 1.165) is 11.1 Å².